The number of rotatable bonds is 1. The van der Waals surface area contributed by atoms with Gasteiger partial charge in [0.15, 0.2) is 9.84 Å². The highest BCUT2D eigenvalue weighted by atomic mass is 32.2. The summed E-state index contributed by atoms with van der Waals surface area (Å²) in [6.45, 7) is 1.77. The highest BCUT2D eigenvalue weighted by Crippen LogP contribution is 2.47. The number of nitriles is 1. The van der Waals surface area contributed by atoms with E-state index < -0.39 is 25.9 Å². The highest BCUT2D eigenvalue weighted by Gasteiger charge is 2.53. The van der Waals surface area contributed by atoms with Crippen LogP contribution >= 0.6 is 0 Å². The van der Waals surface area contributed by atoms with Gasteiger partial charge >= 0.3 is 0 Å². The van der Waals surface area contributed by atoms with Crippen LogP contribution in [0.3, 0.4) is 0 Å². The Labute approximate surface area is 118 Å². The molecule has 3 rings (SSSR count). The third-order valence-electron chi connectivity index (χ3n) is 4.59. The fourth-order valence-corrected chi connectivity index (χ4v) is 5.92. The van der Waals surface area contributed by atoms with Crippen molar-refractivity contribution in [3.63, 3.8) is 0 Å². The standard InChI is InChI=1S/C14H16N2O3S/c1-9-4-10(8-16-13(9)7-15)14(17)5-11-2-3-12(6-14)20(11,18)19/h4,8,11-12,17H,2-3,5-6H2,1H3. The largest absolute Gasteiger partial charge is 0.385 e. The number of hydrogen-bond donors (Lipinski definition) is 1. The number of hydrogen-bond acceptors (Lipinski definition) is 5. The second-order valence-corrected chi connectivity index (χ2v) is 8.36. The Balaban J connectivity index is 1.99. The molecule has 2 aliphatic rings. The van der Waals surface area contributed by atoms with Crippen molar-refractivity contribution < 1.29 is 13.5 Å². The molecule has 6 heteroatoms. The summed E-state index contributed by atoms with van der Waals surface area (Å²) in [6.07, 6.45) is 3.25. The van der Waals surface area contributed by atoms with Crippen LogP contribution in [0.25, 0.3) is 0 Å². The lowest BCUT2D eigenvalue weighted by Crippen LogP contribution is -2.43. The first-order valence-electron chi connectivity index (χ1n) is 6.69. The maximum atomic E-state index is 12.1. The number of aliphatic hydroxyl groups is 1. The number of aromatic nitrogens is 1. The zero-order valence-electron chi connectivity index (χ0n) is 11.2. The quantitative estimate of drug-likeness (QED) is 0.839. The van der Waals surface area contributed by atoms with Gasteiger partial charge in [-0.2, -0.15) is 5.26 Å². The van der Waals surface area contributed by atoms with Crippen molar-refractivity contribution in [3.8, 4) is 6.07 Å². The summed E-state index contributed by atoms with van der Waals surface area (Å²) < 4.78 is 24.2. The van der Waals surface area contributed by atoms with Gasteiger partial charge in [0.25, 0.3) is 0 Å². The molecule has 1 aromatic heterocycles. The van der Waals surface area contributed by atoms with Gasteiger partial charge in [-0.1, -0.05) is 0 Å². The number of sulfone groups is 1. The van der Waals surface area contributed by atoms with Crippen molar-refractivity contribution in [1.82, 2.24) is 4.98 Å². The summed E-state index contributed by atoms with van der Waals surface area (Å²) in [5, 5.41) is 18.9. The fraction of sp³-hybridized carbons (Fsp3) is 0.571. The second kappa shape index (κ2) is 4.27. The van der Waals surface area contributed by atoms with Crippen molar-refractivity contribution in [2.24, 2.45) is 0 Å². The number of pyridine rings is 1. The Morgan fingerprint density at radius 2 is 2.00 bits per heavy atom. The minimum atomic E-state index is -3.06. The third-order valence-corrected chi connectivity index (χ3v) is 7.26. The molecule has 2 atom stereocenters. The van der Waals surface area contributed by atoms with Crippen molar-refractivity contribution in [3.05, 3.63) is 29.1 Å². The van der Waals surface area contributed by atoms with Crippen molar-refractivity contribution in [2.75, 3.05) is 0 Å². The molecule has 2 saturated heterocycles. The van der Waals surface area contributed by atoms with Gasteiger partial charge in [-0.15, -0.1) is 0 Å². The molecule has 2 aliphatic heterocycles. The fourth-order valence-electron chi connectivity index (χ4n) is 3.43. The van der Waals surface area contributed by atoms with E-state index in [9.17, 15) is 13.5 Å². The first kappa shape index (κ1) is 13.5. The number of nitrogens with zero attached hydrogens (tertiary/aromatic N) is 2. The minimum Gasteiger partial charge on any atom is -0.385 e. The van der Waals surface area contributed by atoms with E-state index in [1.165, 1.54) is 6.20 Å². The van der Waals surface area contributed by atoms with E-state index in [0.29, 0.717) is 29.7 Å². The smallest absolute Gasteiger partial charge is 0.156 e. The maximum Gasteiger partial charge on any atom is 0.156 e. The monoisotopic (exact) mass is 292 g/mol. The van der Waals surface area contributed by atoms with Gasteiger partial charge in [-0.05, 0) is 44.2 Å². The number of aryl methyl sites for hydroxylation is 1. The van der Waals surface area contributed by atoms with Crippen LogP contribution < -0.4 is 0 Å². The van der Waals surface area contributed by atoms with E-state index >= 15 is 0 Å². The molecule has 106 valence electrons. The van der Waals surface area contributed by atoms with Gasteiger partial charge in [0, 0.05) is 11.8 Å². The molecule has 0 saturated carbocycles. The Morgan fingerprint density at radius 1 is 1.40 bits per heavy atom. The third kappa shape index (κ3) is 1.85. The van der Waals surface area contributed by atoms with E-state index in [-0.39, 0.29) is 12.8 Å². The SMILES string of the molecule is Cc1cc(C2(O)CC3CCC(C2)S3(=O)=O)cnc1C#N. The van der Waals surface area contributed by atoms with Crippen LogP contribution in [0.4, 0.5) is 0 Å². The molecule has 2 bridgehead atoms. The van der Waals surface area contributed by atoms with E-state index in [4.69, 9.17) is 5.26 Å². The Bertz CT molecular complexity index is 686. The maximum absolute atomic E-state index is 12.1. The predicted molar refractivity (Wildman–Crippen MR) is 72.5 cm³/mol. The molecule has 0 radical (unpaired) electrons. The molecule has 5 nitrogen and oxygen atoms in total. The molecule has 20 heavy (non-hydrogen) atoms. The van der Waals surface area contributed by atoms with Gasteiger partial charge in [-0.3, -0.25) is 0 Å². The molecule has 0 spiro atoms. The van der Waals surface area contributed by atoms with E-state index in [1.54, 1.807) is 13.0 Å². The topological polar surface area (TPSA) is 91.0 Å². The van der Waals surface area contributed by atoms with E-state index in [0.717, 1.165) is 0 Å². The van der Waals surface area contributed by atoms with Crippen LogP contribution in [0.2, 0.25) is 0 Å². The van der Waals surface area contributed by atoms with E-state index in [1.807, 2.05) is 6.07 Å². The van der Waals surface area contributed by atoms with Crippen LogP contribution in [0, 0.1) is 18.3 Å². The molecule has 1 N–H and O–H groups in total. The van der Waals surface area contributed by atoms with Crippen molar-refractivity contribution >= 4 is 9.84 Å². The zero-order valence-corrected chi connectivity index (χ0v) is 12.0. The summed E-state index contributed by atoms with van der Waals surface area (Å²) in [4.78, 5) is 4.05. The summed E-state index contributed by atoms with van der Waals surface area (Å²) in [5.74, 6) is 0. The van der Waals surface area contributed by atoms with Gasteiger partial charge in [0.2, 0.25) is 0 Å². The normalized spacial score (nSPS) is 34.6. The number of fused-ring (bicyclic) bond motifs is 2. The summed E-state index contributed by atoms with van der Waals surface area (Å²) in [7, 11) is -3.06. The van der Waals surface area contributed by atoms with E-state index in [2.05, 4.69) is 4.98 Å². The van der Waals surface area contributed by atoms with Crippen LogP contribution in [-0.2, 0) is 15.4 Å². The second-order valence-electron chi connectivity index (χ2n) is 5.85. The Kier molecular flexibility index (Phi) is 2.89. The van der Waals surface area contributed by atoms with Crippen molar-refractivity contribution in [1.29, 1.82) is 5.26 Å². The first-order chi connectivity index (χ1) is 9.37. The van der Waals surface area contributed by atoms with Crippen LogP contribution in [0.5, 0.6) is 0 Å². The Hall–Kier alpha value is -1.45. The van der Waals surface area contributed by atoms with Gasteiger partial charge in [0.05, 0.1) is 16.1 Å². The van der Waals surface area contributed by atoms with Gasteiger partial charge < -0.3 is 5.11 Å². The molecule has 2 unspecified atom stereocenters. The lowest BCUT2D eigenvalue weighted by molar-refractivity contribution is 0.0169. The predicted octanol–water partition coefficient (Wildman–Crippen LogP) is 1.19. The summed E-state index contributed by atoms with van der Waals surface area (Å²) in [5.41, 5.74) is 0.534. The molecule has 0 aliphatic carbocycles. The molecule has 0 amide bonds. The first-order valence-corrected chi connectivity index (χ1v) is 8.30. The van der Waals surface area contributed by atoms with Crippen LogP contribution in [0.15, 0.2) is 12.3 Å². The summed E-state index contributed by atoms with van der Waals surface area (Å²) in [6, 6.07) is 3.75. The lowest BCUT2D eigenvalue weighted by Gasteiger charge is -2.36. The van der Waals surface area contributed by atoms with Crippen LogP contribution in [0.1, 0.15) is 42.5 Å². The molecular weight excluding hydrogens is 276 g/mol. The van der Waals surface area contributed by atoms with Gasteiger partial charge in [-0.25, -0.2) is 13.4 Å². The minimum absolute atomic E-state index is 0.235. The van der Waals surface area contributed by atoms with Gasteiger partial charge in [0.1, 0.15) is 11.8 Å². The highest BCUT2D eigenvalue weighted by molar-refractivity contribution is 7.93. The average Bonchev–Trinajstić information content (AvgIpc) is 2.59. The molecule has 0 aromatic carbocycles. The molecular formula is C14H16N2O3S. The zero-order chi connectivity index (χ0) is 14.5. The van der Waals surface area contributed by atoms with Crippen molar-refractivity contribution in [2.45, 2.75) is 48.7 Å². The molecule has 3 heterocycles. The average molecular weight is 292 g/mol. The Morgan fingerprint density at radius 3 is 2.50 bits per heavy atom. The molecule has 1 aromatic rings. The lowest BCUT2D eigenvalue weighted by atomic mass is 9.86. The van der Waals surface area contributed by atoms with Crippen LogP contribution in [-0.4, -0.2) is 29.0 Å². The molecule has 2 fully saturated rings. The summed E-state index contributed by atoms with van der Waals surface area (Å²) >= 11 is 0.